The van der Waals surface area contributed by atoms with Gasteiger partial charge in [-0.1, -0.05) is 24.3 Å². The summed E-state index contributed by atoms with van der Waals surface area (Å²) >= 11 is 0. The van der Waals surface area contributed by atoms with Gasteiger partial charge in [-0.15, -0.1) is 0 Å². The zero-order valence-corrected chi connectivity index (χ0v) is 12.1. The molecule has 0 fully saturated rings. The van der Waals surface area contributed by atoms with Gasteiger partial charge in [-0.3, -0.25) is 9.67 Å². The van der Waals surface area contributed by atoms with Crippen LogP contribution in [-0.2, 0) is 19.9 Å². The number of fused-ring (bicyclic) bond motifs is 1. The topological polar surface area (TPSA) is 50.9 Å². The summed E-state index contributed by atoms with van der Waals surface area (Å²) in [6.45, 7) is 0. The maximum atomic E-state index is 10.3. The number of hydrogen-bond donors (Lipinski definition) is 1. The molecule has 2 heterocycles. The molecular weight excluding hydrogens is 262 g/mol. The van der Waals surface area contributed by atoms with Crippen molar-refractivity contribution in [2.24, 2.45) is 7.05 Å². The van der Waals surface area contributed by atoms with Gasteiger partial charge in [0.2, 0.25) is 0 Å². The van der Waals surface area contributed by atoms with Gasteiger partial charge in [0.15, 0.2) is 0 Å². The van der Waals surface area contributed by atoms with E-state index in [4.69, 9.17) is 0 Å². The fraction of sp³-hybridized carbons (Fsp3) is 0.294. The van der Waals surface area contributed by atoms with E-state index in [1.54, 1.807) is 6.20 Å². The average Bonchev–Trinajstić information content (AvgIpc) is 2.83. The number of aliphatic hydroxyl groups excluding tert-OH is 1. The van der Waals surface area contributed by atoms with Crippen molar-refractivity contribution in [2.75, 3.05) is 0 Å². The van der Waals surface area contributed by atoms with Gasteiger partial charge in [0.25, 0.3) is 0 Å². The summed E-state index contributed by atoms with van der Waals surface area (Å²) in [5.41, 5.74) is 3.22. The standard InChI is InChI=1S/C17H19N3O/c1-20-17-7-3-2-6-15(17)16(19-20)11-14(21)9-8-13-5-4-10-18-12-13/h2-7,10,12,14,21H,8-9,11H2,1H3. The predicted molar refractivity (Wildman–Crippen MR) is 83.0 cm³/mol. The average molecular weight is 281 g/mol. The highest BCUT2D eigenvalue weighted by Crippen LogP contribution is 2.19. The van der Waals surface area contributed by atoms with Gasteiger partial charge in [-0.25, -0.2) is 0 Å². The van der Waals surface area contributed by atoms with Crippen LogP contribution in [0.25, 0.3) is 10.9 Å². The molecule has 0 aliphatic heterocycles. The Morgan fingerprint density at radius 1 is 1.19 bits per heavy atom. The van der Waals surface area contributed by atoms with Crippen LogP contribution in [0.1, 0.15) is 17.7 Å². The highest BCUT2D eigenvalue weighted by atomic mass is 16.3. The van der Waals surface area contributed by atoms with E-state index in [1.807, 2.05) is 48.3 Å². The van der Waals surface area contributed by atoms with E-state index in [9.17, 15) is 5.11 Å². The number of benzene rings is 1. The molecule has 0 bridgehead atoms. The van der Waals surface area contributed by atoms with Crippen molar-refractivity contribution in [1.82, 2.24) is 14.8 Å². The second kappa shape index (κ2) is 6.06. The third-order valence-corrected chi connectivity index (χ3v) is 3.75. The molecular formula is C17H19N3O. The summed E-state index contributed by atoms with van der Waals surface area (Å²) in [6, 6.07) is 12.1. The molecule has 1 atom stereocenters. The molecule has 0 saturated carbocycles. The Balaban J connectivity index is 1.68. The van der Waals surface area contributed by atoms with Crippen molar-refractivity contribution in [3.8, 4) is 0 Å². The van der Waals surface area contributed by atoms with Crippen molar-refractivity contribution >= 4 is 10.9 Å². The molecule has 108 valence electrons. The summed E-state index contributed by atoms with van der Waals surface area (Å²) in [7, 11) is 1.94. The SMILES string of the molecule is Cn1nc(CC(O)CCc2cccnc2)c2ccccc21. The summed E-state index contributed by atoms with van der Waals surface area (Å²) in [4.78, 5) is 4.09. The molecule has 21 heavy (non-hydrogen) atoms. The number of aliphatic hydroxyl groups is 1. The number of aromatic nitrogens is 3. The van der Waals surface area contributed by atoms with E-state index in [0.29, 0.717) is 6.42 Å². The highest BCUT2D eigenvalue weighted by Gasteiger charge is 2.13. The smallest absolute Gasteiger partial charge is 0.0728 e. The molecule has 2 aromatic heterocycles. The quantitative estimate of drug-likeness (QED) is 0.781. The van der Waals surface area contributed by atoms with E-state index in [-0.39, 0.29) is 6.10 Å². The number of pyridine rings is 1. The normalized spacial score (nSPS) is 12.7. The lowest BCUT2D eigenvalue weighted by molar-refractivity contribution is 0.164. The maximum Gasteiger partial charge on any atom is 0.0728 e. The summed E-state index contributed by atoms with van der Waals surface area (Å²) in [6.07, 6.45) is 5.37. The number of hydrogen-bond acceptors (Lipinski definition) is 3. The van der Waals surface area contributed by atoms with E-state index in [1.165, 1.54) is 0 Å². The summed E-state index contributed by atoms with van der Waals surface area (Å²) < 4.78 is 1.87. The predicted octanol–water partition coefficient (Wildman–Crippen LogP) is 2.50. The van der Waals surface area contributed by atoms with Crippen molar-refractivity contribution in [1.29, 1.82) is 0 Å². The largest absolute Gasteiger partial charge is 0.393 e. The van der Waals surface area contributed by atoms with Crippen LogP contribution in [-0.4, -0.2) is 26.0 Å². The molecule has 0 amide bonds. The van der Waals surface area contributed by atoms with Gasteiger partial charge in [-0.2, -0.15) is 5.10 Å². The van der Waals surface area contributed by atoms with E-state index < -0.39 is 0 Å². The Labute approximate surface area is 124 Å². The molecule has 0 aliphatic carbocycles. The van der Waals surface area contributed by atoms with Crippen LogP contribution in [0.4, 0.5) is 0 Å². The van der Waals surface area contributed by atoms with Gasteiger partial charge < -0.3 is 5.11 Å². The second-order valence-electron chi connectivity index (χ2n) is 5.35. The van der Waals surface area contributed by atoms with Gasteiger partial charge in [0.1, 0.15) is 0 Å². The van der Waals surface area contributed by atoms with Crippen LogP contribution in [0.3, 0.4) is 0 Å². The first-order valence-electron chi connectivity index (χ1n) is 7.21. The van der Waals surface area contributed by atoms with Gasteiger partial charge in [-0.05, 0) is 30.5 Å². The molecule has 1 aromatic carbocycles. The van der Waals surface area contributed by atoms with Crippen LogP contribution in [0.2, 0.25) is 0 Å². The lowest BCUT2D eigenvalue weighted by Gasteiger charge is -2.09. The Kier molecular flexibility index (Phi) is 3.97. The monoisotopic (exact) mass is 281 g/mol. The third-order valence-electron chi connectivity index (χ3n) is 3.75. The van der Waals surface area contributed by atoms with Crippen LogP contribution in [0.15, 0.2) is 48.8 Å². The minimum atomic E-state index is -0.386. The van der Waals surface area contributed by atoms with Crippen LogP contribution in [0.5, 0.6) is 0 Å². The van der Waals surface area contributed by atoms with Crippen molar-refractivity contribution < 1.29 is 5.11 Å². The number of para-hydroxylation sites is 1. The first-order chi connectivity index (χ1) is 10.2. The lowest BCUT2D eigenvalue weighted by Crippen LogP contribution is -2.12. The fourth-order valence-corrected chi connectivity index (χ4v) is 2.64. The van der Waals surface area contributed by atoms with E-state index >= 15 is 0 Å². The maximum absolute atomic E-state index is 10.3. The minimum absolute atomic E-state index is 0.386. The van der Waals surface area contributed by atoms with Crippen molar-refractivity contribution in [3.05, 3.63) is 60.0 Å². The number of rotatable bonds is 5. The molecule has 0 spiro atoms. The lowest BCUT2D eigenvalue weighted by atomic mass is 10.0. The highest BCUT2D eigenvalue weighted by molar-refractivity contribution is 5.81. The molecule has 1 N–H and O–H groups in total. The Bertz CT molecular complexity index is 721. The minimum Gasteiger partial charge on any atom is -0.393 e. The van der Waals surface area contributed by atoms with Crippen LogP contribution >= 0.6 is 0 Å². The van der Waals surface area contributed by atoms with E-state index in [2.05, 4.69) is 16.1 Å². The first-order valence-corrected chi connectivity index (χ1v) is 7.21. The van der Waals surface area contributed by atoms with Gasteiger partial charge in [0, 0.05) is 31.2 Å². The Morgan fingerprint density at radius 2 is 2.05 bits per heavy atom. The first kappa shape index (κ1) is 13.8. The van der Waals surface area contributed by atoms with Crippen molar-refractivity contribution in [2.45, 2.75) is 25.4 Å². The third kappa shape index (κ3) is 3.11. The summed E-state index contributed by atoms with van der Waals surface area (Å²) in [5, 5.41) is 15.9. The molecule has 0 aliphatic rings. The second-order valence-corrected chi connectivity index (χ2v) is 5.35. The molecule has 1 unspecified atom stereocenters. The van der Waals surface area contributed by atoms with Crippen LogP contribution < -0.4 is 0 Å². The molecule has 0 radical (unpaired) electrons. The zero-order valence-electron chi connectivity index (χ0n) is 12.1. The van der Waals surface area contributed by atoms with E-state index in [0.717, 1.165) is 35.0 Å². The van der Waals surface area contributed by atoms with Gasteiger partial charge >= 0.3 is 0 Å². The Morgan fingerprint density at radius 3 is 2.86 bits per heavy atom. The molecule has 4 nitrogen and oxygen atoms in total. The van der Waals surface area contributed by atoms with Gasteiger partial charge in [0.05, 0.1) is 17.3 Å². The zero-order chi connectivity index (χ0) is 14.7. The fourth-order valence-electron chi connectivity index (χ4n) is 2.64. The molecule has 4 heteroatoms. The van der Waals surface area contributed by atoms with Crippen molar-refractivity contribution in [3.63, 3.8) is 0 Å². The molecule has 3 rings (SSSR count). The molecule has 3 aromatic rings. The Hall–Kier alpha value is -2.20. The number of aryl methyl sites for hydroxylation is 2. The summed E-state index contributed by atoms with van der Waals surface area (Å²) in [5.74, 6) is 0. The van der Waals surface area contributed by atoms with Crippen LogP contribution in [0, 0.1) is 0 Å². The molecule has 0 saturated heterocycles. The number of nitrogens with zero attached hydrogens (tertiary/aromatic N) is 3.